The molecule has 1 aliphatic rings. The summed E-state index contributed by atoms with van der Waals surface area (Å²) in [5.41, 5.74) is 2.52. The summed E-state index contributed by atoms with van der Waals surface area (Å²) in [6, 6.07) is 17.8. The number of fused-ring (bicyclic) bond motifs is 1. The van der Waals surface area contributed by atoms with Crippen LogP contribution in [0.2, 0.25) is 5.02 Å². The monoisotopic (exact) mass is 438 g/mol. The van der Waals surface area contributed by atoms with Crippen LogP contribution in [0.15, 0.2) is 66.7 Å². The average molecular weight is 439 g/mol. The van der Waals surface area contributed by atoms with Crippen molar-refractivity contribution in [3.05, 3.63) is 94.3 Å². The molecule has 0 radical (unpaired) electrons. The Hall–Kier alpha value is -3.38. The van der Waals surface area contributed by atoms with Crippen LogP contribution in [0.3, 0.4) is 0 Å². The third-order valence-electron chi connectivity index (χ3n) is 5.27. The van der Waals surface area contributed by atoms with Gasteiger partial charge in [-0.25, -0.2) is 4.39 Å². The first-order chi connectivity index (χ1) is 14.9. The summed E-state index contributed by atoms with van der Waals surface area (Å²) in [4.78, 5) is 27.0. The van der Waals surface area contributed by atoms with Crippen LogP contribution < -0.4 is 10.1 Å². The fraction of sp³-hybridized carbons (Fsp3) is 0.167. The fourth-order valence-corrected chi connectivity index (χ4v) is 3.76. The van der Waals surface area contributed by atoms with Crippen LogP contribution in [0.25, 0.3) is 0 Å². The average Bonchev–Trinajstić information content (AvgIpc) is 2.92. The van der Waals surface area contributed by atoms with Crippen molar-refractivity contribution in [2.45, 2.75) is 19.5 Å². The topological polar surface area (TPSA) is 58.6 Å². The molecule has 0 fully saturated rings. The van der Waals surface area contributed by atoms with E-state index in [1.54, 1.807) is 59.5 Å². The SMILES string of the molecule is CC(c1ccc(F)cc1)N1Cc2cc(NC(=O)c3ccccc3Cl)ccc2OCC1=O. The van der Waals surface area contributed by atoms with Gasteiger partial charge in [-0.05, 0) is 55.0 Å². The Morgan fingerprint density at radius 1 is 1.13 bits per heavy atom. The molecule has 0 saturated heterocycles. The number of carbonyl (C=O) groups is 2. The van der Waals surface area contributed by atoms with Gasteiger partial charge in [0.05, 0.1) is 23.2 Å². The van der Waals surface area contributed by atoms with E-state index in [4.69, 9.17) is 16.3 Å². The molecule has 1 unspecified atom stereocenters. The first-order valence-electron chi connectivity index (χ1n) is 9.79. The van der Waals surface area contributed by atoms with Crippen LogP contribution in [0.5, 0.6) is 5.75 Å². The van der Waals surface area contributed by atoms with Crippen molar-refractivity contribution in [2.75, 3.05) is 11.9 Å². The number of hydrogen-bond acceptors (Lipinski definition) is 3. The molecule has 158 valence electrons. The molecule has 7 heteroatoms. The predicted molar refractivity (Wildman–Crippen MR) is 117 cm³/mol. The quantitative estimate of drug-likeness (QED) is 0.608. The zero-order valence-electron chi connectivity index (χ0n) is 16.8. The van der Waals surface area contributed by atoms with Crippen molar-refractivity contribution in [1.29, 1.82) is 0 Å². The maximum absolute atomic E-state index is 13.3. The van der Waals surface area contributed by atoms with E-state index in [0.717, 1.165) is 11.1 Å². The third kappa shape index (κ3) is 4.54. The minimum atomic E-state index is -0.328. The Labute approximate surface area is 184 Å². The highest BCUT2D eigenvalue weighted by molar-refractivity contribution is 6.34. The van der Waals surface area contributed by atoms with E-state index in [-0.39, 0.29) is 30.3 Å². The lowest BCUT2D eigenvalue weighted by molar-refractivity contribution is -0.135. The first kappa shape index (κ1) is 20.9. The largest absolute Gasteiger partial charge is 0.483 e. The van der Waals surface area contributed by atoms with Gasteiger partial charge in [0.1, 0.15) is 11.6 Å². The number of ether oxygens (including phenoxy) is 1. The number of benzene rings is 3. The maximum Gasteiger partial charge on any atom is 0.261 e. The van der Waals surface area contributed by atoms with Crippen molar-refractivity contribution < 1.29 is 18.7 Å². The zero-order valence-corrected chi connectivity index (χ0v) is 17.5. The van der Waals surface area contributed by atoms with Gasteiger partial charge in [-0.1, -0.05) is 35.9 Å². The zero-order chi connectivity index (χ0) is 22.0. The molecule has 1 N–H and O–H groups in total. The Morgan fingerprint density at radius 2 is 1.87 bits per heavy atom. The molecule has 0 saturated carbocycles. The van der Waals surface area contributed by atoms with Crippen LogP contribution in [0.1, 0.15) is 34.5 Å². The Morgan fingerprint density at radius 3 is 2.61 bits per heavy atom. The number of hydrogen-bond donors (Lipinski definition) is 1. The molecule has 0 spiro atoms. The lowest BCUT2D eigenvalue weighted by Crippen LogP contribution is -2.34. The molecule has 3 aromatic carbocycles. The van der Waals surface area contributed by atoms with Crippen LogP contribution in [0, 0.1) is 5.82 Å². The number of rotatable bonds is 4. The summed E-state index contributed by atoms with van der Waals surface area (Å²) in [5.74, 6) is -0.244. The predicted octanol–water partition coefficient (Wildman–Crippen LogP) is 5.21. The Kier molecular flexibility index (Phi) is 5.91. The van der Waals surface area contributed by atoms with Gasteiger partial charge >= 0.3 is 0 Å². The minimum absolute atomic E-state index is 0.0934. The lowest BCUT2D eigenvalue weighted by Gasteiger charge is -2.28. The Bertz CT molecular complexity index is 1130. The number of carbonyl (C=O) groups excluding carboxylic acids is 2. The maximum atomic E-state index is 13.3. The van der Waals surface area contributed by atoms with Crippen molar-refractivity contribution in [1.82, 2.24) is 4.90 Å². The smallest absolute Gasteiger partial charge is 0.261 e. The fourth-order valence-electron chi connectivity index (χ4n) is 3.53. The highest BCUT2D eigenvalue weighted by Gasteiger charge is 2.27. The summed E-state index contributed by atoms with van der Waals surface area (Å²) >= 11 is 6.11. The summed E-state index contributed by atoms with van der Waals surface area (Å²) < 4.78 is 19.0. The van der Waals surface area contributed by atoms with Crippen LogP contribution in [0.4, 0.5) is 10.1 Å². The van der Waals surface area contributed by atoms with Crippen LogP contribution >= 0.6 is 11.6 Å². The molecule has 0 aliphatic carbocycles. The number of halogens is 2. The molecule has 2 amide bonds. The van der Waals surface area contributed by atoms with E-state index in [9.17, 15) is 14.0 Å². The van der Waals surface area contributed by atoms with Crippen molar-refractivity contribution >= 4 is 29.1 Å². The van der Waals surface area contributed by atoms with Crippen molar-refractivity contribution in [2.24, 2.45) is 0 Å². The summed E-state index contributed by atoms with van der Waals surface area (Å²) in [6.07, 6.45) is 0. The number of amides is 2. The van der Waals surface area contributed by atoms with Gasteiger partial charge in [0, 0.05) is 11.3 Å². The van der Waals surface area contributed by atoms with Crippen molar-refractivity contribution in [3.63, 3.8) is 0 Å². The van der Waals surface area contributed by atoms with E-state index in [0.29, 0.717) is 28.6 Å². The Balaban J connectivity index is 1.58. The molecule has 4 rings (SSSR count). The van der Waals surface area contributed by atoms with Gasteiger partial charge in [0.25, 0.3) is 11.8 Å². The number of nitrogens with one attached hydrogen (secondary N) is 1. The molecule has 31 heavy (non-hydrogen) atoms. The van der Waals surface area contributed by atoms with Crippen LogP contribution in [-0.4, -0.2) is 23.3 Å². The summed E-state index contributed by atoms with van der Waals surface area (Å²) in [6.45, 7) is 2.09. The molecule has 1 heterocycles. The minimum Gasteiger partial charge on any atom is -0.483 e. The van der Waals surface area contributed by atoms with E-state index < -0.39 is 0 Å². The highest BCUT2D eigenvalue weighted by atomic mass is 35.5. The van der Waals surface area contributed by atoms with Gasteiger partial charge in [0.2, 0.25) is 0 Å². The van der Waals surface area contributed by atoms with Gasteiger partial charge in [-0.3, -0.25) is 9.59 Å². The van der Waals surface area contributed by atoms with E-state index in [1.165, 1.54) is 12.1 Å². The van der Waals surface area contributed by atoms with E-state index in [1.807, 2.05) is 6.92 Å². The summed E-state index contributed by atoms with van der Waals surface area (Å²) in [5, 5.41) is 3.20. The van der Waals surface area contributed by atoms with Gasteiger partial charge in [-0.2, -0.15) is 0 Å². The molecule has 1 atom stereocenters. The molecule has 0 bridgehead atoms. The molecule has 1 aliphatic heterocycles. The molecule has 3 aromatic rings. The van der Waals surface area contributed by atoms with Gasteiger partial charge in [0.15, 0.2) is 6.61 Å². The normalized spacial score (nSPS) is 14.3. The number of anilines is 1. The molecule has 0 aromatic heterocycles. The second kappa shape index (κ2) is 8.78. The molecular weight excluding hydrogens is 419 g/mol. The van der Waals surface area contributed by atoms with E-state index in [2.05, 4.69) is 5.32 Å². The first-order valence-corrected chi connectivity index (χ1v) is 10.2. The second-order valence-corrected chi connectivity index (χ2v) is 7.70. The molecular formula is C24H20ClFN2O3. The third-order valence-corrected chi connectivity index (χ3v) is 5.60. The van der Waals surface area contributed by atoms with Gasteiger partial charge < -0.3 is 15.0 Å². The second-order valence-electron chi connectivity index (χ2n) is 7.29. The van der Waals surface area contributed by atoms with Gasteiger partial charge in [-0.15, -0.1) is 0 Å². The molecule has 5 nitrogen and oxygen atoms in total. The standard InChI is InChI=1S/C24H20ClFN2O3/c1-15(16-6-8-18(26)9-7-16)28-13-17-12-19(10-11-22(17)31-14-23(28)29)27-24(30)20-4-2-3-5-21(20)25/h2-12,15H,13-14H2,1H3,(H,27,30). The highest BCUT2D eigenvalue weighted by Crippen LogP contribution is 2.31. The number of nitrogens with zero attached hydrogens (tertiary/aromatic N) is 1. The van der Waals surface area contributed by atoms with Crippen molar-refractivity contribution in [3.8, 4) is 5.75 Å². The summed E-state index contributed by atoms with van der Waals surface area (Å²) in [7, 11) is 0. The lowest BCUT2D eigenvalue weighted by atomic mass is 10.1. The van der Waals surface area contributed by atoms with E-state index >= 15 is 0 Å². The van der Waals surface area contributed by atoms with Crippen LogP contribution in [-0.2, 0) is 11.3 Å².